The van der Waals surface area contributed by atoms with Crippen LogP contribution in [0.1, 0.15) is 29.3 Å². The highest BCUT2D eigenvalue weighted by Crippen LogP contribution is 2.41. The molecule has 2 heterocycles. The fourth-order valence-electron chi connectivity index (χ4n) is 3.62. The lowest BCUT2D eigenvalue weighted by molar-refractivity contribution is 0.254. The normalized spacial score (nSPS) is 15.6. The van der Waals surface area contributed by atoms with Gasteiger partial charge in [-0.1, -0.05) is 46.3 Å². The Labute approximate surface area is 178 Å². The van der Waals surface area contributed by atoms with Gasteiger partial charge in [0.05, 0.1) is 25.0 Å². The Balaban J connectivity index is 1.89. The summed E-state index contributed by atoms with van der Waals surface area (Å²) in [6.07, 6.45) is 2.35. The Kier molecular flexibility index (Phi) is 5.92. The van der Waals surface area contributed by atoms with E-state index in [-0.39, 0.29) is 12.6 Å². The molecule has 0 bridgehead atoms. The molecule has 0 amide bonds. The van der Waals surface area contributed by atoms with E-state index >= 15 is 0 Å². The van der Waals surface area contributed by atoms with Gasteiger partial charge in [0.2, 0.25) is 0 Å². The number of methoxy groups -OCH3 is 1. The summed E-state index contributed by atoms with van der Waals surface area (Å²) in [7, 11) is 1.63. The van der Waals surface area contributed by atoms with Gasteiger partial charge in [-0.15, -0.1) is 0 Å². The molecule has 0 aliphatic carbocycles. The lowest BCUT2D eigenvalue weighted by Gasteiger charge is -2.38. The monoisotopic (exact) mass is 451 g/mol. The molecule has 148 valence electrons. The number of rotatable bonds is 6. The Morgan fingerprint density at radius 1 is 1.10 bits per heavy atom. The van der Waals surface area contributed by atoms with Crippen molar-refractivity contribution in [3.05, 3.63) is 88.2 Å². The maximum absolute atomic E-state index is 9.51. The van der Waals surface area contributed by atoms with E-state index in [2.05, 4.69) is 44.0 Å². The molecule has 4 rings (SSSR count). The number of hydrogen-bond donors (Lipinski definition) is 1. The molecule has 0 spiro atoms. The Bertz CT molecular complexity index is 1010. The number of ether oxygens (including phenoxy) is 1. The molecule has 2 aromatic carbocycles. The number of aromatic nitrogens is 1. The smallest absolute Gasteiger partial charge is 0.156 e. The number of fused-ring (bicyclic) bond motifs is 1. The highest BCUT2D eigenvalue weighted by molar-refractivity contribution is 9.10. The first-order chi connectivity index (χ1) is 14.2. The minimum absolute atomic E-state index is 0.0216. The van der Waals surface area contributed by atoms with Crippen LogP contribution < -0.4 is 4.74 Å². The second-order valence-corrected chi connectivity index (χ2v) is 7.72. The molecule has 0 saturated carbocycles. The van der Waals surface area contributed by atoms with Crippen molar-refractivity contribution >= 4 is 27.5 Å². The lowest BCUT2D eigenvalue weighted by atomic mass is 9.93. The molecule has 0 saturated heterocycles. The number of aliphatic hydroxyl groups is 1. The van der Waals surface area contributed by atoms with Crippen LogP contribution in [0.15, 0.2) is 76.3 Å². The maximum Gasteiger partial charge on any atom is 0.156 e. The second kappa shape index (κ2) is 8.76. The highest BCUT2D eigenvalue weighted by atomic mass is 79.9. The molecule has 0 radical (unpaired) electrons. The molecule has 29 heavy (non-hydrogen) atoms. The fourth-order valence-corrected chi connectivity index (χ4v) is 4.00. The van der Waals surface area contributed by atoms with Crippen LogP contribution in [0.5, 0.6) is 5.75 Å². The lowest BCUT2D eigenvalue weighted by Crippen LogP contribution is -2.39. The zero-order valence-electron chi connectivity index (χ0n) is 16.1. The van der Waals surface area contributed by atoms with Crippen molar-refractivity contribution < 1.29 is 9.84 Å². The summed E-state index contributed by atoms with van der Waals surface area (Å²) in [5.41, 5.74) is 4.00. The molecule has 1 N–H and O–H groups in total. The van der Waals surface area contributed by atoms with Gasteiger partial charge in [-0.05, 0) is 42.3 Å². The molecule has 6 heteroatoms. The molecule has 0 fully saturated rings. The van der Waals surface area contributed by atoms with Crippen LogP contribution in [0.25, 0.3) is 0 Å². The van der Waals surface area contributed by atoms with Gasteiger partial charge >= 0.3 is 0 Å². The fraction of sp³-hybridized carbons (Fsp3) is 0.217. The van der Waals surface area contributed by atoms with E-state index < -0.39 is 0 Å². The van der Waals surface area contributed by atoms with Gasteiger partial charge in [0.1, 0.15) is 11.4 Å². The Morgan fingerprint density at radius 3 is 2.62 bits per heavy atom. The Hall–Kier alpha value is -2.70. The van der Waals surface area contributed by atoms with Crippen molar-refractivity contribution in [2.45, 2.75) is 12.5 Å². The minimum atomic E-state index is -0.0216. The average molecular weight is 452 g/mol. The number of amidine groups is 1. The van der Waals surface area contributed by atoms with Gasteiger partial charge in [-0.25, -0.2) is 9.98 Å². The van der Waals surface area contributed by atoms with Crippen LogP contribution in [0.3, 0.4) is 0 Å². The summed E-state index contributed by atoms with van der Waals surface area (Å²) >= 11 is 3.61. The predicted molar refractivity (Wildman–Crippen MR) is 118 cm³/mol. The van der Waals surface area contributed by atoms with Gasteiger partial charge in [-0.3, -0.25) is 0 Å². The number of hydrogen-bond acceptors (Lipinski definition) is 5. The first-order valence-corrected chi connectivity index (χ1v) is 10.3. The van der Waals surface area contributed by atoms with Crippen molar-refractivity contribution in [3.63, 3.8) is 0 Å². The van der Waals surface area contributed by atoms with E-state index in [0.717, 1.165) is 27.3 Å². The number of halogens is 1. The van der Waals surface area contributed by atoms with Crippen molar-refractivity contribution in [3.8, 4) is 5.75 Å². The summed E-state index contributed by atoms with van der Waals surface area (Å²) < 4.78 is 6.27. The van der Waals surface area contributed by atoms with Crippen LogP contribution in [0.2, 0.25) is 0 Å². The van der Waals surface area contributed by atoms with Gasteiger partial charge in [0.15, 0.2) is 5.84 Å². The van der Waals surface area contributed by atoms with Crippen LogP contribution >= 0.6 is 15.9 Å². The first-order valence-electron chi connectivity index (χ1n) is 9.52. The van der Waals surface area contributed by atoms with Gasteiger partial charge in [0.25, 0.3) is 0 Å². The van der Waals surface area contributed by atoms with Crippen LogP contribution in [0, 0.1) is 0 Å². The zero-order chi connectivity index (χ0) is 20.2. The van der Waals surface area contributed by atoms with Crippen molar-refractivity contribution in [1.29, 1.82) is 0 Å². The third-order valence-corrected chi connectivity index (χ3v) is 5.46. The summed E-state index contributed by atoms with van der Waals surface area (Å²) in [6.45, 7) is 0.779. The molecular formula is C23H22BrN3O2. The molecule has 5 nitrogen and oxygen atoms in total. The van der Waals surface area contributed by atoms with Crippen molar-refractivity contribution in [2.75, 3.05) is 20.3 Å². The first kappa shape index (κ1) is 19.6. The topological polar surface area (TPSA) is 58.0 Å². The molecule has 1 unspecified atom stereocenters. The second-order valence-electron chi connectivity index (χ2n) is 6.81. The van der Waals surface area contributed by atoms with E-state index in [9.17, 15) is 5.11 Å². The number of aliphatic hydroxyl groups excluding tert-OH is 1. The largest absolute Gasteiger partial charge is 0.495 e. The summed E-state index contributed by atoms with van der Waals surface area (Å²) in [5, 5.41) is 9.51. The van der Waals surface area contributed by atoms with E-state index in [4.69, 9.17) is 9.73 Å². The Morgan fingerprint density at radius 2 is 1.93 bits per heavy atom. The van der Waals surface area contributed by atoms with Crippen LogP contribution in [-0.4, -0.2) is 41.1 Å². The average Bonchev–Trinajstić information content (AvgIpc) is 2.77. The number of aliphatic imine (C=N–C) groups is 1. The highest BCUT2D eigenvalue weighted by Gasteiger charge is 2.32. The standard InChI is InChI=1S/C23H22BrN3O2/c1-29-18-9-11-21(25-15-18)23-26-20-10-8-17(24)14-19(20)22(27(23)12-5-13-28)16-6-3-2-4-7-16/h2-4,6-11,14-15,22,28H,5,12-13H2,1H3. The maximum atomic E-state index is 9.51. The molecule has 1 aliphatic heterocycles. The molecule has 3 aromatic rings. The van der Waals surface area contributed by atoms with Crippen molar-refractivity contribution in [2.24, 2.45) is 4.99 Å². The summed E-state index contributed by atoms with van der Waals surface area (Å²) in [6, 6.07) is 20.3. The van der Waals surface area contributed by atoms with Crippen LogP contribution in [0.4, 0.5) is 5.69 Å². The SMILES string of the molecule is COc1ccc(C2=Nc3ccc(Br)cc3C(c3ccccc3)N2CCCO)nc1. The molecule has 1 atom stereocenters. The number of benzene rings is 2. The molecular weight excluding hydrogens is 430 g/mol. The predicted octanol–water partition coefficient (Wildman–Crippen LogP) is 4.72. The zero-order valence-corrected chi connectivity index (χ0v) is 17.7. The van der Waals surface area contributed by atoms with E-state index in [1.807, 2.05) is 42.5 Å². The van der Waals surface area contributed by atoms with Gasteiger partial charge in [0, 0.05) is 23.2 Å². The minimum Gasteiger partial charge on any atom is -0.495 e. The third kappa shape index (κ3) is 4.04. The van der Waals surface area contributed by atoms with E-state index in [0.29, 0.717) is 18.7 Å². The van der Waals surface area contributed by atoms with E-state index in [1.54, 1.807) is 13.3 Å². The van der Waals surface area contributed by atoms with Crippen molar-refractivity contribution in [1.82, 2.24) is 9.88 Å². The van der Waals surface area contributed by atoms with Gasteiger partial charge < -0.3 is 14.7 Å². The summed E-state index contributed by atoms with van der Waals surface area (Å²) in [5.74, 6) is 1.50. The number of nitrogens with zero attached hydrogens (tertiary/aromatic N) is 3. The quantitative estimate of drug-likeness (QED) is 0.588. The van der Waals surface area contributed by atoms with E-state index in [1.165, 1.54) is 5.56 Å². The van der Waals surface area contributed by atoms with Gasteiger partial charge in [-0.2, -0.15) is 0 Å². The molecule has 1 aliphatic rings. The molecule has 1 aromatic heterocycles. The summed E-state index contributed by atoms with van der Waals surface area (Å²) in [4.78, 5) is 11.8. The third-order valence-electron chi connectivity index (χ3n) is 4.97. The van der Waals surface area contributed by atoms with Crippen LogP contribution in [-0.2, 0) is 0 Å². The number of pyridine rings is 1.